The molecule has 2 rings (SSSR count). The van der Waals surface area contributed by atoms with E-state index in [1.165, 1.54) is 0 Å². The van der Waals surface area contributed by atoms with E-state index < -0.39 is 0 Å². The molecule has 1 amide bonds. The van der Waals surface area contributed by atoms with Gasteiger partial charge in [0.15, 0.2) is 0 Å². The SMILES string of the molecule is CC#CC(=O)N(C)Cc1cnn(-c2ccccc2)c1. The highest BCUT2D eigenvalue weighted by atomic mass is 16.2. The Labute approximate surface area is 112 Å². The third kappa shape index (κ3) is 3.23. The molecule has 0 atom stereocenters. The Morgan fingerprint density at radius 2 is 2.11 bits per heavy atom. The molecular weight excluding hydrogens is 238 g/mol. The number of benzene rings is 1. The van der Waals surface area contributed by atoms with Crippen LogP contribution in [0.4, 0.5) is 0 Å². The minimum Gasteiger partial charge on any atom is -0.331 e. The number of nitrogens with zero attached hydrogens (tertiary/aromatic N) is 3. The van der Waals surface area contributed by atoms with Crippen molar-refractivity contribution >= 4 is 5.91 Å². The molecule has 19 heavy (non-hydrogen) atoms. The number of carbonyl (C=O) groups is 1. The molecule has 0 aliphatic rings. The van der Waals surface area contributed by atoms with Crippen LogP contribution in [0.3, 0.4) is 0 Å². The lowest BCUT2D eigenvalue weighted by Crippen LogP contribution is -2.24. The van der Waals surface area contributed by atoms with Crippen molar-refractivity contribution in [3.63, 3.8) is 0 Å². The molecule has 0 fully saturated rings. The standard InChI is InChI=1S/C15H15N3O/c1-3-7-15(19)17(2)11-13-10-16-18(12-13)14-8-5-4-6-9-14/h4-6,8-10,12H,11H2,1-2H3. The van der Waals surface area contributed by atoms with E-state index in [4.69, 9.17) is 0 Å². The minimum absolute atomic E-state index is 0.185. The number of hydrogen-bond donors (Lipinski definition) is 0. The van der Waals surface area contributed by atoms with Crippen LogP contribution >= 0.6 is 0 Å². The van der Waals surface area contributed by atoms with Gasteiger partial charge in [0.1, 0.15) is 0 Å². The number of para-hydroxylation sites is 1. The average molecular weight is 253 g/mol. The predicted octanol–water partition coefficient (Wildman–Crippen LogP) is 1.85. The zero-order chi connectivity index (χ0) is 13.7. The van der Waals surface area contributed by atoms with Crippen LogP contribution < -0.4 is 0 Å². The monoisotopic (exact) mass is 253 g/mol. The second-order valence-electron chi connectivity index (χ2n) is 4.16. The van der Waals surface area contributed by atoms with Crippen LogP contribution in [0.5, 0.6) is 0 Å². The third-order valence-electron chi connectivity index (χ3n) is 2.66. The van der Waals surface area contributed by atoms with E-state index in [0.717, 1.165) is 11.3 Å². The van der Waals surface area contributed by atoms with E-state index >= 15 is 0 Å². The van der Waals surface area contributed by atoms with Crippen LogP contribution in [0.25, 0.3) is 5.69 Å². The van der Waals surface area contributed by atoms with Gasteiger partial charge in [-0.25, -0.2) is 4.68 Å². The summed E-state index contributed by atoms with van der Waals surface area (Å²) in [5.74, 6) is 4.93. The lowest BCUT2D eigenvalue weighted by molar-refractivity contribution is -0.124. The van der Waals surface area contributed by atoms with Gasteiger partial charge in [-0.3, -0.25) is 4.79 Å². The normalized spacial score (nSPS) is 9.58. The Kier molecular flexibility index (Phi) is 3.99. The van der Waals surface area contributed by atoms with Crippen molar-refractivity contribution in [2.45, 2.75) is 13.5 Å². The van der Waals surface area contributed by atoms with E-state index in [-0.39, 0.29) is 5.91 Å². The van der Waals surface area contributed by atoms with Gasteiger partial charge in [0, 0.05) is 25.4 Å². The molecule has 0 saturated heterocycles. The number of rotatable bonds is 3. The molecule has 0 spiro atoms. The molecule has 2 aromatic rings. The topological polar surface area (TPSA) is 38.1 Å². The fourth-order valence-corrected chi connectivity index (χ4v) is 1.71. The van der Waals surface area contributed by atoms with E-state index in [2.05, 4.69) is 16.9 Å². The summed E-state index contributed by atoms with van der Waals surface area (Å²) in [5, 5.41) is 4.29. The molecule has 0 bridgehead atoms. The van der Waals surface area contributed by atoms with Crippen LogP contribution in [0.15, 0.2) is 42.7 Å². The summed E-state index contributed by atoms with van der Waals surface area (Å²) in [7, 11) is 1.73. The summed E-state index contributed by atoms with van der Waals surface area (Å²) < 4.78 is 1.79. The lowest BCUT2D eigenvalue weighted by Gasteiger charge is -2.11. The van der Waals surface area contributed by atoms with Gasteiger partial charge in [0.2, 0.25) is 0 Å². The molecule has 0 aliphatic heterocycles. The van der Waals surface area contributed by atoms with Crippen molar-refractivity contribution < 1.29 is 4.79 Å². The molecular formula is C15H15N3O. The van der Waals surface area contributed by atoms with Crippen molar-refractivity contribution in [2.24, 2.45) is 0 Å². The van der Waals surface area contributed by atoms with Crippen molar-refractivity contribution in [2.75, 3.05) is 7.05 Å². The lowest BCUT2D eigenvalue weighted by atomic mass is 10.3. The quantitative estimate of drug-likeness (QED) is 0.783. The predicted molar refractivity (Wildman–Crippen MR) is 73.5 cm³/mol. The summed E-state index contributed by atoms with van der Waals surface area (Å²) in [6.07, 6.45) is 3.68. The van der Waals surface area contributed by atoms with E-state index in [1.807, 2.05) is 36.5 Å². The molecule has 0 radical (unpaired) electrons. The first-order valence-corrected chi connectivity index (χ1v) is 5.97. The van der Waals surface area contributed by atoms with Gasteiger partial charge in [-0.1, -0.05) is 24.1 Å². The Hall–Kier alpha value is -2.54. The zero-order valence-electron chi connectivity index (χ0n) is 11.0. The van der Waals surface area contributed by atoms with Crippen molar-refractivity contribution in [3.8, 4) is 17.5 Å². The first-order chi connectivity index (χ1) is 9.20. The number of amides is 1. The first-order valence-electron chi connectivity index (χ1n) is 5.97. The number of hydrogen-bond acceptors (Lipinski definition) is 2. The van der Waals surface area contributed by atoms with Crippen LogP contribution in [-0.2, 0) is 11.3 Å². The van der Waals surface area contributed by atoms with Gasteiger partial charge >= 0.3 is 0 Å². The molecule has 1 aromatic heterocycles. The third-order valence-corrected chi connectivity index (χ3v) is 2.66. The maximum atomic E-state index is 11.5. The van der Waals surface area contributed by atoms with E-state index in [1.54, 1.807) is 29.7 Å². The molecule has 0 saturated carbocycles. The maximum Gasteiger partial charge on any atom is 0.298 e. The zero-order valence-corrected chi connectivity index (χ0v) is 11.0. The highest BCUT2D eigenvalue weighted by molar-refractivity contribution is 5.93. The molecule has 4 heteroatoms. The summed E-state index contributed by atoms with van der Waals surface area (Å²) >= 11 is 0. The highest BCUT2D eigenvalue weighted by Crippen LogP contribution is 2.09. The van der Waals surface area contributed by atoms with Crippen molar-refractivity contribution in [3.05, 3.63) is 48.3 Å². The average Bonchev–Trinajstić information content (AvgIpc) is 2.88. The maximum absolute atomic E-state index is 11.5. The van der Waals surface area contributed by atoms with Gasteiger partial charge in [0.05, 0.1) is 11.9 Å². The highest BCUT2D eigenvalue weighted by Gasteiger charge is 2.08. The van der Waals surface area contributed by atoms with Gasteiger partial charge in [-0.2, -0.15) is 5.10 Å². The summed E-state index contributed by atoms with van der Waals surface area (Å²) in [5.41, 5.74) is 1.97. The summed E-state index contributed by atoms with van der Waals surface area (Å²) in [6.45, 7) is 2.15. The van der Waals surface area contributed by atoms with Crippen LogP contribution in [-0.4, -0.2) is 27.6 Å². The molecule has 4 nitrogen and oxygen atoms in total. The summed E-state index contributed by atoms with van der Waals surface area (Å²) in [6, 6.07) is 9.85. The van der Waals surface area contributed by atoms with Gasteiger partial charge in [0.25, 0.3) is 5.91 Å². The van der Waals surface area contributed by atoms with E-state index in [9.17, 15) is 4.79 Å². The Balaban J connectivity index is 2.09. The van der Waals surface area contributed by atoms with Crippen molar-refractivity contribution in [1.29, 1.82) is 0 Å². The molecule has 1 aromatic carbocycles. The second kappa shape index (κ2) is 5.87. The molecule has 0 aliphatic carbocycles. The van der Waals surface area contributed by atoms with Crippen LogP contribution in [0.2, 0.25) is 0 Å². The molecule has 0 N–H and O–H groups in total. The Morgan fingerprint density at radius 1 is 1.37 bits per heavy atom. The van der Waals surface area contributed by atoms with Crippen LogP contribution in [0.1, 0.15) is 12.5 Å². The molecule has 0 unspecified atom stereocenters. The molecule has 1 heterocycles. The Morgan fingerprint density at radius 3 is 2.79 bits per heavy atom. The smallest absolute Gasteiger partial charge is 0.298 e. The van der Waals surface area contributed by atoms with Gasteiger partial charge in [-0.15, -0.1) is 0 Å². The van der Waals surface area contributed by atoms with Crippen molar-refractivity contribution in [1.82, 2.24) is 14.7 Å². The summed E-state index contributed by atoms with van der Waals surface area (Å²) in [4.78, 5) is 13.1. The second-order valence-corrected chi connectivity index (χ2v) is 4.16. The minimum atomic E-state index is -0.185. The van der Waals surface area contributed by atoms with Gasteiger partial charge < -0.3 is 4.90 Å². The number of aromatic nitrogens is 2. The van der Waals surface area contributed by atoms with Crippen LogP contribution in [0, 0.1) is 11.8 Å². The molecule has 96 valence electrons. The fraction of sp³-hybridized carbons (Fsp3) is 0.200. The largest absolute Gasteiger partial charge is 0.331 e. The van der Waals surface area contributed by atoms with E-state index in [0.29, 0.717) is 6.54 Å². The fourth-order valence-electron chi connectivity index (χ4n) is 1.71. The Bertz CT molecular complexity index is 620. The number of carbonyl (C=O) groups excluding carboxylic acids is 1. The first kappa shape index (κ1) is 12.9. The van der Waals surface area contributed by atoms with Gasteiger partial charge in [-0.05, 0) is 25.0 Å².